The molecule has 0 saturated heterocycles. The van der Waals surface area contributed by atoms with Gasteiger partial charge in [-0.05, 0) is 23.6 Å². The lowest BCUT2D eigenvalue weighted by atomic mass is 10.1. The number of benzene rings is 1. The fraction of sp³-hybridized carbons (Fsp3) is 0.333. The van der Waals surface area contributed by atoms with Gasteiger partial charge in [0, 0.05) is 9.79 Å². The van der Waals surface area contributed by atoms with Crippen LogP contribution >= 0.6 is 23.5 Å². The molecule has 0 unspecified atom stereocenters. The molecule has 0 N–H and O–H groups in total. The molecule has 0 fully saturated rings. The smallest absolute Gasteiger partial charge is 0.346 e. The first-order valence-corrected chi connectivity index (χ1v) is 7.34. The zero-order valence-corrected chi connectivity index (χ0v) is 11.2. The molecule has 0 bridgehead atoms. The zero-order valence-electron chi connectivity index (χ0n) is 9.61. The Morgan fingerprint density at radius 3 is 1.71 bits per heavy atom. The van der Waals surface area contributed by atoms with E-state index in [1.165, 1.54) is 0 Å². The topological polar surface area (TPSA) is 43.4 Å². The van der Waals surface area contributed by atoms with Crippen LogP contribution in [0.25, 0.3) is 0 Å². The predicted octanol–water partition coefficient (Wildman–Crippen LogP) is 3.22. The van der Waals surface area contributed by atoms with E-state index in [9.17, 15) is 9.59 Å². The molecule has 1 aliphatic rings. The Hall–Kier alpha value is -0.940. The Bertz CT molecular complexity index is 440. The van der Waals surface area contributed by atoms with Gasteiger partial charge in [0.2, 0.25) is 0 Å². The van der Waals surface area contributed by atoms with E-state index in [1.807, 2.05) is 0 Å². The van der Waals surface area contributed by atoms with Crippen molar-refractivity contribution in [1.29, 1.82) is 0 Å². The third-order valence-corrected chi connectivity index (χ3v) is 4.31. The van der Waals surface area contributed by atoms with E-state index in [-0.39, 0.29) is 0 Å². The molecule has 1 aliphatic heterocycles. The summed E-state index contributed by atoms with van der Waals surface area (Å²) in [5.74, 6) is 0.796. The third-order valence-electron chi connectivity index (χ3n) is 2.31. The quantitative estimate of drug-likeness (QED) is 0.476. The zero-order chi connectivity index (χ0) is 12.4. The van der Waals surface area contributed by atoms with Crippen LogP contribution in [0.5, 0.6) is 0 Å². The van der Waals surface area contributed by atoms with Gasteiger partial charge >= 0.3 is 11.9 Å². The molecule has 0 amide bonds. The fourth-order valence-electron chi connectivity index (χ4n) is 1.63. The summed E-state index contributed by atoms with van der Waals surface area (Å²) in [6.45, 7) is 4.11. The molecule has 0 aliphatic carbocycles. The minimum absolute atomic E-state index is 0.395. The Morgan fingerprint density at radius 2 is 1.35 bits per heavy atom. The van der Waals surface area contributed by atoms with Gasteiger partial charge in [0.1, 0.15) is 0 Å². The van der Waals surface area contributed by atoms with Gasteiger partial charge in [-0.15, -0.1) is 23.5 Å². The molecule has 5 heteroatoms. The maximum Gasteiger partial charge on any atom is 0.346 e. The van der Waals surface area contributed by atoms with E-state index in [0.717, 1.165) is 21.3 Å². The summed E-state index contributed by atoms with van der Waals surface area (Å²) in [6, 6.07) is 3.55. The van der Waals surface area contributed by atoms with Gasteiger partial charge in [-0.2, -0.15) is 0 Å². The molecule has 1 aromatic rings. The van der Waals surface area contributed by atoms with Crippen LogP contribution in [0.3, 0.4) is 0 Å². The number of hydrogen-bond acceptors (Lipinski definition) is 5. The molecule has 1 aromatic carbocycles. The molecule has 0 saturated carbocycles. The van der Waals surface area contributed by atoms with Crippen LogP contribution in [0.15, 0.2) is 21.9 Å². The lowest BCUT2D eigenvalue weighted by Gasteiger charge is -2.07. The number of thioether (sulfide) groups is 2. The highest BCUT2D eigenvalue weighted by Crippen LogP contribution is 2.35. The molecule has 2 rings (SSSR count). The SMILES string of the molecule is CCSc1cc2c(cc1SCC)C(=O)OC2=O. The molecule has 90 valence electrons. The Morgan fingerprint density at radius 1 is 0.941 bits per heavy atom. The van der Waals surface area contributed by atoms with Crippen molar-refractivity contribution in [2.24, 2.45) is 0 Å². The van der Waals surface area contributed by atoms with Gasteiger partial charge in [-0.1, -0.05) is 13.8 Å². The second-order valence-electron chi connectivity index (χ2n) is 3.39. The van der Waals surface area contributed by atoms with Crippen molar-refractivity contribution in [3.05, 3.63) is 23.3 Å². The molecule has 0 aromatic heterocycles. The number of carbonyl (C=O) groups is 2. The van der Waals surface area contributed by atoms with Gasteiger partial charge in [0.15, 0.2) is 0 Å². The lowest BCUT2D eigenvalue weighted by Crippen LogP contribution is -1.96. The van der Waals surface area contributed by atoms with Crippen LogP contribution < -0.4 is 0 Å². The van der Waals surface area contributed by atoms with Crippen molar-refractivity contribution >= 4 is 35.5 Å². The van der Waals surface area contributed by atoms with Crippen LogP contribution in [0.2, 0.25) is 0 Å². The average molecular weight is 268 g/mol. The molecule has 1 heterocycles. The molecule has 17 heavy (non-hydrogen) atoms. The third kappa shape index (κ3) is 2.35. The van der Waals surface area contributed by atoms with Gasteiger partial charge in [0.05, 0.1) is 11.1 Å². The molecule has 0 spiro atoms. The van der Waals surface area contributed by atoms with Crippen LogP contribution in [0, 0.1) is 0 Å². The Labute approximate surface area is 108 Å². The normalized spacial score (nSPS) is 13.8. The van der Waals surface area contributed by atoms with Gasteiger partial charge in [0.25, 0.3) is 0 Å². The first-order chi connectivity index (χ1) is 8.17. The fourth-order valence-corrected chi connectivity index (χ4v) is 3.41. The monoisotopic (exact) mass is 268 g/mol. The van der Waals surface area contributed by atoms with Crippen LogP contribution in [-0.4, -0.2) is 23.4 Å². The molecule has 3 nitrogen and oxygen atoms in total. The van der Waals surface area contributed by atoms with Crippen molar-refractivity contribution in [2.75, 3.05) is 11.5 Å². The number of rotatable bonds is 4. The second kappa shape index (κ2) is 5.14. The average Bonchev–Trinajstić information content (AvgIpc) is 2.56. The van der Waals surface area contributed by atoms with E-state index in [0.29, 0.717) is 11.1 Å². The summed E-state index contributed by atoms with van der Waals surface area (Å²) in [5.41, 5.74) is 0.790. The van der Waals surface area contributed by atoms with Crippen molar-refractivity contribution in [2.45, 2.75) is 23.6 Å². The van der Waals surface area contributed by atoms with Crippen molar-refractivity contribution < 1.29 is 14.3 Å². The summed E-state index contributed by atoms with van der Waals surface area (Å²) in [6.07, 6.45) is 0. The molecular formula is C12H12O3S2. The summed E-state index contributed by atoms with van der Waals surface area (Å²) < 4.78 is 4.60. The first kappa shape index (κ1) is 12.5. The van der Waals surface area contributed by atoms with E-state index in [2.05, 4.69) is 18.6 Å². The molecule has 0 radical (unpaired) electrons. The van der Waals surface area contributed by atoms with E-state index in [4.69, 9.17) is 0 Å². The summed E-state index contributed by atoms with van der Waals surface area (Å²) in [7, 11) is 0. The minimum Gasteiger partial charge on any atom is -0.386 e. The number of hydrogen-bond donors (Lipinski definition) is 0. The number of ether oxygens (including phenoxy) is 1. The maximum atomic E-state index is 11.4. The van der Waals surface area contributed by atoms with Gasteiger partial charge in [-0.3, -0.25) is 0 Å². The Balaban J connectivity index is 2.50. The molecule has 0 atom stereocenters. The summed E-state index contributed by atoms with van der Waals surface area (Å²) >= 11 is 3.34. The van der Waals surface area contributed by atoms with Gasteiger partial charge < -0.3 is 4.74 Å². The number of cyclic esters (lactones) is 2. The van der Waals surface area contributed by atoms with Crippen LogP contribution in [0.1, 0.15) is 34.6 Å². The number of esters is 2. The number of carbonyl (C=O) groups excluding carboxylic acids is 2. The maximum absolute atomic E-state index is 11.4. The summed E-state index contributed by atoms with van der Waals surface area (Å²) in [4.78, 5) is 25.0. The first-order valence-electron chi connectivity index (χ1n) is 5.37. The van der Waals surface area contributed by atoms with E-state index < -0.39 is 11.9 Å². The summed E-state index contributed by atoms with van der Waals surface area (Å²) in [5, 5.41) is 0. The van der Waals surface area contributed by atoms with Crippen LogP contribution in [-0.2, 0) is 4.74 Å². The predicted molar refractivity (Wildman–Crippen MR) is 69.0 cm³/mol. The van der Waals surface area contributed by atoms with E-state index in [1.54, 1.807) is 35.7 Å². The van der Waals surface area contributed by atoms with Gasteiger partial charge in [-0.25, -0.2) is 9.59 Å². The standard InChI is InChI=1S/C12H12O3S2/c1-3-16-9-5-7-8(6-10(9)17-4-2)12(14)15-11(7)13/h5-6H,3-4H2,1-2H3. The Kier molecular flexibility index (Phi) is 3.79. The largest absolute Gasteiger partial charge is 0.386 e. The minimum atomic E-state index is -0.531. The lowest BCUT2D eigenvalue weighted by molar-refractivity contribution is 0.0443. The van der Waals surface area contributed by atoms with Crippen LogP contribution in [0.4, 0.5) is 0 Å². The highest BCUT2D eigenvalue weighted by molar-refractivity contribution is 8.02. The van der Waals surface area contributed by atoms with Crippen molar-refractivity contribution in [3.63, 3.8) is 0 Å². The van der Waals surface area contributed by atoms with E-state index >= 15 is 0 Å². The number of fused-ring (bicyclic) bond motifs is 1. The van der Waals surface area contributed by atoms with Crippen molar-refractivity contribution in [3.8, 4) is 0 Å². The highest BCUT2D eigenvalue weighted by atomic mass is 32.2. The second-order valence-corrected chi connectivity index (χ2v) is 6.00. The molecular weight excluding hydrogens is 256 g/mol. The van der Waals surface area contributed by atoms with Crippen molar-refractivity contribution in [1.82, 2.24) is 0 Å². The highest BCUT2D eigenvalue weighted by Gasteiger charge is 2.31.